The molecule has 0 saturated carbocycles. The van der Waals surface area contributed by atoms with Crippen molar-refractivity contribution in [3.8, 4) is 0 Å². The first-order chi connectivity index (χ1) is 8.13. The minimum absolute atomic E-state index is 0.0586. The molecule has 2 N–H and O–H groups in total. The Morgan fingerprint density at radius 3 is 2.82 bits per heavy atom. The highest BCUT2D eigenvalue weighted by Crippen LogP contribution is 2.21. The first kappa shape index (κ1) is 11.6. The van der Waals surface area contributed by atoms with E-state index < -0.39 is 0 Å². The van der Waals surface area contributed by atoms with Crippen LogP contribution in [0.15, 0.2) is 6.20 Å². The second-order valence-electron chi connectivity index (χ2n) is 3.92. The Hall–Kier alpha value is -1.89. The molecule has 2 aromatic rings. The molecule has 7 nitrogen and oxygen atoms in total. The maximum atomic E-state index is 8.85. The van der Waals surface area contributed by atoms with Gasteiger partial charge < -0.3 is 15.3 Å². The van der Waals surface area contributed by atoms with E-state index in [2.05, 4.69) is 20.4 Å². The molecule has 0 saturated heterocycles. The Morgan fingerprint density at radius 1 is 1.41 bits per heavy atom. The fourth-order valence-corrected chi connectivity index (χ4v) is 1.52. The predicted molar refractivity (Wildman–Crippen MR) is 66.2 cm³/mol. The van der Waals surface area contributed by atoms with Crippen LogP contribution in [0.3, 0.4) is 0 Å². The van der Waals surface area contributed by atoms with Crippen molar-refractivity contribution in [2.75, 3.05) is 37.5 Å². The Bertz CT molecular complexity index is 521. The zero-order valence-corrected chi connectivity index (χ0v) is 10.2. The number of nitrogens with zero attached hydrogens (tertiary/aromatic N) is 5. The summed E-state index contributed by atoms with van der Waals surface area (Å²) in [5, 5.41) is 16.9. The summed E-state index contributed by atoms with van der Waals surface area (Å²) in [6.45, 7) is 0.511. The number of aliphatic hydroxyl groups is 1. The summed E-state index contributed by atoms with van der Waals surface area (Å²) < 4.78 is 1.70. The maximum absolute atomic E-state index is 8.85. The molecule has 2 rings (SSSR count). The van der Waals surface area contributed by atoms with E-state index in [1.165, 1.54) is 0 Å². The van der Waals surface area contributed by atoms with E-state index >= 15 is 0 Å². The third-order valence-corrected chi connectivity index (χ3v) is 2.38. The summed E-state index contributed by atoms with van der Waals surface area (Å²) in [7, 11) is 5.60. The second kappa shape index (κ2) is 4.54. The van der Waals surface area contributed by atoms with E-state index in [-0.39, 0.29) is 6.61 Å². The molecule has 0 aliphatic heterocycles. The van der Waals surface area contributed by atoms with Gasteiger partial charge >= 0.3 is 0 Å². The number of nitrogens with one attached hydrogen (secondary N) is 1. The third kappa shape index (κ3) is 2.14. The van der Waals surface area contributed by atoms with E-state index in [9.17, 15) is 0 Å². The zero-order chi connectivity index (χ0) is 12.4. The van der Waals surface area contributed by atoms with Crippen molar-refractivity contribution in [3.63, 3.8) is 0 Å². The molecule has 0 spiro atoms. The Balaban J connectivity index is 2.54. The molecule has 0 radical (unpaired) electrons. The van der Waals surface area contributed by atoms with Gasteiger partial charge in [0.05, 0.1) is 18.2 Å². The van der Waals surface area contributed by atoms with Crippen LogP contribution in [0.5, 0.6) is 0 Å². The molecule has 92 valence electrons. The SMILES string of the molecule is CN(C)c1nc(NCCO)c2cnn(C)c2n1. The first-order valence-electron chi connectivity index (χ1n) is 5.35. The minimum Gasteiger partial charge on any atom is -0.395 e. The lowest BCUT2D eigenvalue weighted by molar-refractivity contribution is 0.311. The number of anilines is 2. The van der Waals surface area contributed by atoms with Crippen molar-refractivity contribution >= 4 is 22.8 Å². The van der Waals surface area contributed by atoms with Crippen molar-refractivity contribution in [1.29, 1.82) is 0 Å². The molecular formula is C10H16N6O. The highest BCUT2D eigenvalue weighted by atomic mass is 16.3. The first-order valence-corrected chi connectivity index (χ1v) is 5.35. The quantitative estimate of drug-likeness (QED) is 0.767. The molecule has 7 heteroatoms. The highest BCUT2D eigenvalue weighted by Gasteiger charge is 2.11. The van der Waals surface area contributed by atoms with Crippen molar-refractivity contribution in [2.45, 2.75) is 0 Å². The van der Waals surface area contributed by atoms with Crippen LogP contribution in [0.25, 0.3) is 11.0 Å². The van der Waals surface area contributed by atoms with Gasteiger partial charge in [-0.15, -0.1) is 0 Å². The molecule has 0 aromatic carbocycles. The lowest BCUT2D eigenvalue weighted by Gasteiger charge is -2.12. The molecular weight excluding hydrogens is 220 g/mol. The monoisotopic (exact) mass is 236 g/mol. The summed E-state index contributed by atoms with van der Waals surface area (Å²) in [6, 6.07) is 0. The van der Waals surface area contributed by atoms with Gasteiger partial charge in [0.1, 0.15) is 5.82 Å². The highest BCUT2D eigenvalue weighted by molar-refractivity contribution is 5.87. The number of aromatic nitrogens is 4. The molecule has 0 atom stereocenters. The van der Waals surface area contributed by atoms with Crippen LogP contribution in [0, 0.1) is 0 Å². The van der Waals surface area contributed by atoms with Gasteiger partial charge in [0.15, 0.2) is 5.65 Å². The average molecular weight is 236 g/mol. The Kier molecular flexibility index (Phi) is 3.10. The largest absolute Gasteiger partial charge is 0.395 e. The van der Waals surface area contributed by atoms with E-state index in [0.717, 1.165) is 11.0 Å². The van der Waals surface area contributed by atoms with Crippen LogP contribution in [-0.4, -0.2) is 52.1 Å². The van der Waals surface area contributed by atoms with Crippen LogP contribution in [0.2, 0.25) is 0 Å². The van der Waals surface area contributed by atoms with Gasteiger partial charge in [-0.05, 0) is 0 Å². The number of fused-ring (bicyclic) bond motifs is 1. The van der Waals surface area contributed by atoms with E-state index in [0.29, 0.717) is 18.3 Å². The molecule has 17 heavy (non-hydrogen) atoms. The smallest absolute Gasteiger partial charge is 0.228 e. The van der Waals surface area contributed by atoms with Gasteiger partial charge in [-0.2, -0.15) is 15.1 Å². The van der Waals surface area contributed by atoms with Crippen molar-refractivity contribution in [2.24, 2.45) is 7.05 Å². The summed E-state index contributed by atoms with van der Waals surface area (Å²) in [5.74, 6) is 1.31. The van der Waals surface area contributed by atoms with Gasteiger partial charge in [-0.3, -0.25) is 4.68 Å². The molecule has 0 aliphatic rings. The standard InChI is InChI=1S/C10H16N6O/c1-15(2)10-13-8(11-4-5-17)7-6-12-16(3)9(7)14-10/h6,17H,4-5H2,1-3H3,(H,11,13,14). The fourth-order valence-electron chi connectivity index (χ4n) is 1.52. The van der Waals surface area contributed by atoms with Crippen LogP contribution in [0.4, 0.5) is 11.8 Å². The van der Waals surface area contributed by atoms with Crippen molar-refractivity contribution in [3.05, 3.63) is 6.20 Å². The lowest BCUT2D eigenvalue weighted by Crippen LogP contribution is -2.15. The van der Waals surface area contributed by atoms with Gasteiger partial charge in [0.25, 0.3) is 0 Å². The maximum Gasteiger partial charge on any atom is 0.228 e. The van der Waals surface area contributed by atoms with E-state index in [1.54, 1.807) is 10.9 Å². The number of hydrogen-bond donors (Lipinski definition) is 2. The summed E-state index contributed by atoms with van der Waals surface area (Å²) in [6.07, 6.45) is 1.72. The fraction of sp³-hybridized carbons (Fsp3) is 0.500. The molecule has 0 aliphatic carbocycles. The number of rotatable bonds is 4. The number of hydrogen-bond acceptors (Lipinski definition) is 6. The average Bonchev–Trinajstić information content (AvgIpc) is 2.68. The molecule has 0 bridgehead atoms. The number of aliphatic hydroxyl groups excluding tert-OH is 1. The van der Waals surface area contributed by atoms with Crippen LogP contribution in [0.1, 0.15) is 0 Å². The van der Waals surface area contributed by atoms with E-state index in [4.69, 9.17) is 5.11 Å². The molecule has 0 unspecified atom stereocenters. The van der Waals surface area contributed by atoms with Crippen LogP contribution < -0.4 is 10.2 Å². The topological polar surface area (TPSA) is 79.1 Å². The Labute approximate surface area is 99.1 Å². The van der Waals surface area contributed by atoms with Gasteiger partial charge in [-0.25, -0.2) is 0 Å². The van der Waals surface area contributed by atoms with E-state index in [1.807, 2.05) is 26.0 Å². The van der Waals surface area contributed by atoms with Crippen LogP contribution >= 0.6 is 0 Å². The number of aryl methyl sites for hydroxylation is 1. The summed E-state index contributed by atoms with van der Waals surface area (Å²) in [5.41, 5.74) is 0.768. The van der Waals surface area contributed by atoms with Gasteiger partial charge in [0.2, 0.25) is 5.95 Å². The van der Waals surface area contributed by atoms with Crippen molar-refractivity contribution in [1.82, 2.24) is 19.7 Å². The normalized spacial score (nSPS) is 10.8. The lowest BCUT2D eigenvalue weighted by atomic mass is 10.4. The molecule has 0 amide bonds. The molecule has 2 heterocycles. The minimum atomic E-state index is 0.0586. The van der Waals surface area contributed by atoms with Crippen LogP contribution in [-0.2, 0) is 7.05 Å². The molecule has 2 aromatic heterocycles. The van der Waals surface area contributed by atoms with Gasteiger partial charge in [-0.1, -0.05) is 0 Å². The summed E-state index contributed by atoms with van der Waals surface area (Å²) >= 11 is 0. The Morgan fingerprint density at radius 2 is 2.18 bits per heavy atom. The molecule has 0 fully saturated rings. The summed E-state index contributed by atoms with van der Waals surface area (Å²) in [4.78, 5) is 10.6. The van der Waals surface area contributed by atoms with Gasteiger partial charge in [0, 0.05) is 27.7 Å². The third-order valence-electron chi connectivity index (χ3n) is 2.38. The predicted octanol–water partition coefficient (Wildman–Crippen LogP) is -0.167. The second-order valence-corrected chi connectivity index (χ2v) is 3.92. The van der Waals surface area contributed by atoms with Crippen molar-refractivity contribution < 1.29 is 5.11 Å². The zero-order valence-electron chi connectivity index (χ0n) is 10.2.